The molecule has 1 spiro atoms. The van der Waals surface area contributed by atoms with Gasteiger partial charge in [0.2, 0.25) is 11.2 Å². The summed E-state index contributed by atoms with van der Waals surface area (Å²) in [6.07, 6.45) is 1.15. The van der Waals surface area contributed by atoms with E-state index in [0.29, 0.717) is 31.0 Å². The number of nitrogens with one attached hydrogen (secondary N) is 1. The van der Waals surface area contributed by atoms with Gasteiger partial charge in [0.25, 0.3) is 11.8 Å². The lowest BCUT2D eigenvalue weighted by atomic mass is 9.84. The lowest BCUT2D eigenvalue weighted by Gasteiger charge is -2.42. The molecule has 17 nitrogen and oxygen atoms in total. The SMILES string of the molecule is CC1=NO[C@@]2(CC[C@H](C)N3C[C@H]2n2cc(C(=O)NCc4ccc(F)cc4F)c(=O)c(OC(=O)N(C)Cc4ccc(C(=O)O)cc4OP(=O)(O)O)c2C3=O)C1. The molecule has 0 aliphatic carbocycles. The first-order valence-electron chi connectivity index (χ1n) is 16.5. The summed E-state index contributed by atoms with van der Waals surface area (Å²) in [6.45, 7) is 2.70. The van der Waals surface area contributed by atoms with Crippen LogP contribution in [0.4, 0.5) is 13.6 Å². The number of hydrogen-bond acceptors (Lipinski definition) is 10. The molecule has 20 heteroatoms. The van der Waals surface area contributed by atoms with Crippen molar-refractivity contribution in [3.05, 3.63) is 92.4 Å². The van der Waals surface area contributed by atoms with E-state index < -0.39 is 90.6 Å². The first-order valence-corrected chi connectivity index (χ1v) is 18.0. The molecule has 0 unspecified atom stereocenters. The fourth-order valence-corrected chi connectivity index (χ4v) is 7.25. The lowest BCUT2D eigenvalue weighted by Crippen LogP contribution is -2.52. The van der Waals surface area contributed by atoms with Crippen molar-refractivity contribution < 1.29 is 61.5 Å². The number of phosphoric ester groups is 1. The Kier molecular flexibility index (Phi) is 10.1. The topological polar surface area (TPSA) is 227 Å². The predicted molar refractivity (Wildman–Crippen MR) is 182 cm³/mol. The van der Waals surface area contributed by atoms with E-state index >= 15 is 0 Å². The van der Waals surface area contributed by atoms with Crippen LogP contribution in [-0.2, 0) is 22.5 Å². The molecule has 2 bridgehead atoms. The number of hydrogen-bond donors (Lipinski definition) is 4. The van der Waals surface area contributed by atoms with Crippen molar-refractivity contribution in [2.24, 2.45) is 5.16 Å². The van der Waals surface area contributed by atoms with Crippen molar-refractivity contribution >= 4 is 37.4 Å². The second-order valence-electron chi connectivity index (χ2n) is 13.3. The molecule has 0 radical (unpaired) electrons. The molecule has 286 valence electrons. The van der Waals surface area contributed by atoms with Gasteiger partial charge in [0.1, 0.15) is 22.9 Å². The maximum Gasteiger partial charge on any atom is 0.524 e. The maximum atomic E-state index is 14.4. The first kappa shape index (κ1) is 38.1. The minimum absolute atomic E-state index is 0.0691. The van der Waals surface area contributed by atoms with Crippen molar-refractivity contribution in [1.82, 2.24) is 19.7 Å². The number of carbonyl (C=O) groups is 4. The Balaban J connectivity index is 1.41. The van der Waals surface area contributed by atoms with Gasteiger partial charge in [-0.2, -0.15) is 0 Å². The number of halogens is 2. The summed E-state index contributed by atoms with van der Waals surface area (Å²) in [5, 5.41) is 15.9. The Labute approximate surface area is 304 Å². The van der Waals surface area contributed by atoms with Gasteiger partial charge in [-0.3, -0.25) is 24.2 Å². The first-order chi connectivity index (χ1) is 25.4. The minimum atomic E-state index is -5.20. The number of nitrogens with zero attached hydrogens (tertiary/aromatic N) is 4. The molecular formula is C34H34F2N5O12P. The van der Waals surface area contributed by atoms with Crippen LogP contribution in [0, 0.1) is 11.6 Å². The third-order valence-corrected chi connectivity index (χ3v) is 10.00. The Hall–Kier alpha value is -5.65. The highest BCUT2D eigenvalue weighted by molar-refractivity contribution is 7.46. The zero-order valence-electron chi connectivity index (χ0n) is 28.9. The van der Waals surface area contributed by atoms with Crippen LogP contribution in [0.2, 0.25) is 0 Å². The molecule has 4 N–H and O–H groups in total. The molecule has 1 saturated heterocycles. The second kappa shape index (κ2) is 14.3. The average Bonchev–Trinajstić information content (AvgIpc) is 3.43. The van der Waals surface area contributed by atoms with Crippen LogP contribution in [0.5, 0.6) is 11.5 Å². The predicted octanol–water partition coefficient (Wildman–Crippen LogP) is 3.57. The molecule has 3 atom stereocenters. The fraction of sp³-hybridized carbons (Fsp3) is 0.353. The Morgan fingerprint density at radius 2 is 1.87 bits per heavy atom. The maximum absolute atomic E-state index is 14.4. The molecule has 3 amide bonds. The summed E-state index contributed by atoms with van der Waals surface area (Å²) in [7, 11) is -4.02. The minimum Gasteiger partial charge on any atom is -0.478 e. The number of oxime groups is 1. The van der Waals surface area contributed by atoms with E-state index in [9.17, 15) is 52.2 Å². The van der Waals surface area contributed by atoms with E-state index in [4.69, 9.17) is 9.57 Å². The number of carboxylic acid groups (broad SMARTS) is 1. The second-order valence-corrected chi connectivity index (χ2v) is 14.5. The molecule has 0 saturated carbocycles. The summed E-state index contributed by atoms with van der Waals surface area (Å²) < 4.78 is 51.2. The summed E-state index contributed by atoms with van der Waals surface area (Å²) in [5.41, 5.74) is -3.01. The van der Waals surface area contributed by atoms with Gasteiger partial charge in [0.15, 0.2) is 11.3 Å². The number of ether oxygens (including phenoxy) is 1. The monoisotopic (exact) mass is 773 g/mol. The molecule has 3 aliphatic rings. The van der Waals surface area contributed by atoms with Crippen molar-refractivity contribution in [3.8, 4) is 11.5 Å². The summed E-state index contributed by atoms with van der Waals surface area (Å²) in [4.78, 5) is 94.3. The van der Waals surface area contributed by atoms with Crippen LogP contribution in [0.1, 0.15) is 81.5 Å². The number of carbonyl (C=O) groups excluding carboxylic acids is 3. The van der Waals surface area contributed by atoms with Crippen LogP contribution in [0.15, 0.2) is 52.5 Å². The number of rotatable bonds is 9. The number of pyridine rings is 1. The summed E-state index contributed by atoms with van der Waals surface area (Å²) in [5.74, 6) is -6.31. The van der Waals surface area contributed by atoms with Gasteiger partial charge < -0.3 is 38.9 Å². The molecule has 1 aromatic heterocycles. The van der Waals surface area contributed by atoms with Gasteiger partial charge in [-0.25, -0.2) is 22.9 Å². The normalized spacial score (nSPS) is 20.4. The molecule has 1 fully saturated rings. The van der Waals surface area contributed by atoms with Gasteiger partial charge in [-0.1, -0.05) is 17.3 Å². The molecule has 2 aromatic carbocycles. The van der Waals surface area contributed by atoms with Crippen LogP contribution in [0.3, 0.4) is 0 Å². The van der Waals surface area contributed by atoms with Gasteiger partial charge >= 0.3 is 19.9 Å². The number of carboxylic acids is 1. The zero-order chi connectivity index (χ0) is 39.3. The van der Waals surface area contributed by atoms with Crippen LogP contribution >= 0.6 is 7.82 Å². The third kappa shape index (κ3) is 7.42. The highest BCUT2D eigenvalue weighted by Crippen LogP contribution is 2.46. The average molecular weight is 774 g/mol. The zero-order valence-corrected chi connectivity index (χ0v) is 29.8. The fourth-order valence-electron chi connectivity index (χ4n) is 6.82. The van der Waals surface area contributed by atoms with Gasteiger partial charge in [-0.15, -0.1) is 0 Å². The Morgan fingerprint density at radius 1 is 1.15 bits per heavy atom. The molecular weight excluding hydrogens is 739 g/mol. The molecule has 6 rings (SSSR count). The number of fused-ring (bicyclic) bond motifs is 5. The Morgan fingerprint density at radius 3 is 2.52 bits per heavy atom. The van der Waals surface area contributed by atoms with Crippen LogP contribution < -0.4 is 20.0 Å². The molecule has 4 heterocycles. The van der Waals surface area contributed by atoms with E-state index in [1.165, 1.54) is 16.5 Å². The number of aromatic carboxylic acids is 1. The smallest absolute Gasteiger partial charge is 0.478 e. The van der Waals surface area contributed by atoms with E-state index in [1.807, 2.05) is 6.92 Å². The van der Waals surface area contributed by atoms with Crippen molar-refractivity contribution in [3.63, 3.8) is 0 Å². The number of phosphoric acid groups is 1. The lowest BCUT2D eigenvalue weighted by molar-refractivity contribution is -0.0655. The Bertz CT molecular complexity index is 2220. The summed E-state index contributed by atoms with van der Waals surface area (Å²) in [6, 6.07) is 4.74. The van der Waals surface area contributed by atoms with Gasteiger partial charge in [-0.05, 0) is 44.9 Å². The van der Waals surface area contributed by atoms with E-state index in [2.05, 4.69) is 15.0 Å². The van der Waals surface area contributed by atoms with Crippen molar-refractivity contribution in [2.45, 2.75) is 63.9 Å². The van der Waals surface area contributed by atoms with Crippen molar-refractivity contribution in [1.29, 1.82) is 0 Å². The molecule has 54 heavy (non-hydrogen) atoms. The van der Waals surface area contributed by atoms with Crippen LogP contribution in [-0.4, -0.2) is 84.1 Å². The molecule has 3 aromatic rings. The van der Waals surface area contributed by atoms with Crippen LogP contribution in [0.25, 0.3) is 0 Å². The highest BCUT2D eigenvalue weighted by atomic mass is 31.2. The standard InChI is InChI=1S/C34H34F2N5O12P/c1-17-12-34(53-38-17)9-8-18(2)40-16-26(34)41-15-23(30(43)37-13-20-6-7-22(35)11-24(20)36)28(42)29(27(41)31(40)44)51-33(47)39(3)14-21-5-4-19(32(45)46)10-25(21)52-54(48,49)50/h4-7,10-11,15,18,26H,8-9,12-14,16H2,1-3H3,(H,37,43)(H,45,46)(H2,48,49,50)/t18-,26+,34-/m0/s1. The highest BCUT2D eigenvalue weighted by Gasteiger charge is 2.54. The third-order valence-electron chi connectivity index (χ3n) is 9.56. The van der Waals surface area contributed by atoms with Gasteiger partial charge in [0, 0.05) is 56.0 Å². The quantitative estimate of drug-likeness (QED) is 0.229. The van der Waals surface area contributed by atoms with Crippen molar-refractivity contribution in [2.75, 3.05) is 13.6 Å². The van der Waals surface area contributed by atoms with E-state index in [1.54, 1.807) is 6.92 Å². The number of aromatic nitrogens is 1. The van der Waals surface area contributed by atoms with Gasteiger partial charge in [0.05, 0.1) is 23.9 Å². The largest absolute Gasteiger partial charge is 0.524 e. The van der Waals surface area contributed by atoms with E-state index in [0.717, 1.165) is 41.4 Å². The number of benzene rings is 2. The number of amides is 3. The summed E-state index contributed by atoms with van der Waals surface area (Å²) >= 11 is 0. The molecule has 3 aliphatic heterocycles. The van der Waals surface area contributed by atoms with E-state index in [-0.39, 0.29) is 35.0 Å².